The number of furan rings is 1. The number of aromatic nitrogens is 4. The smallest absolute Gasteiger partial charge is 0.162 e. The lowest BCUT2D eigenvalue weighted by atomic mass is 10.0. The molecule has 0 saturated heterocycles. The highest BCUT2D eigenvalue weighted by atomic mass is 16.3. The van der Waals surface area contributed by atoms with E-state index in [2.05, 4.69) is 173 Å². The molecular formula is C52H30N4O. The van der Waals surface area contributed by atoms with E-state index in [-0.39, 0.29) is 0 Å². The molecule has 57 heavy (non-hydrogen) atoms. The van der Waals surface area contributed by atoms with Crippen molar-refractivity contribution in [1.82, 2.24) is 19.1 Å². The fraction of sp³-hybridized carbons (Fsp3) is 0. The van der Waals surface area contributed by atoms with Gasteiger partial charge in [0.05, 0.1) is 33.3 Å². The number of fused-ring (bicyclic) bond motifs is 12. The maximum absolute atomic E-state index is 6.20. The molecule has 0 spiro atoms. The van der Waals surface area contributed by atoms with E-state index in [0.29, 0.717) is 5.82 Å². The van der Waals surface area contributed by atoms with Gasteiger partial charge in [-0.05, 0) is 82.9 Å². The normalized spacial score (nSPS) is 12.2. The van der Waals surface area contributed by atoms with Gasteiger partial charge in [-0.3, -0.25) is 4.57 Å². The lowest BCUT2D eigenvalue weighted by Crippen LogP contribution is -2.03. The fourth-order valence-corrected chi connectivity index (χ4v) is 9.35. The van der Waals surface area contributed by atoms with E-state index < -0.39 is 0 Å². The lowest BCUT2D eigenvalue weighted by Gasteiger charge is -2.16. The fourth-order valence-electron chi connectivity index (χ4n) is 9.35. The first-order chi connectivity index (χ1) is 28.3. The van der Waals surface area contributed by atoms with Crippen molar-refractivity contribution < 1.29 is 4.42 Å². The summed E-state index contributed by atoms with van der Waals surface area (Å²) in [6, 6.07) is 64.9. The third kappa shape index (κ3) is 4.28. The van der Waals surface area contributed by atoms with Gasteiger partial charge in [-0.25, -0.2) is 9.97 Å². The highest BCUT2D eigenvalue weighted by molar-refractivity contribution is 6.23. The van der Waals surface area contributed by atoms with Crippen LogP contribution in [0.4, 0.5) is 0 Å². The van der Waals surface area contributed by atoms with Crippen molar-refractivity contribution >= 4 is 98.0 Å². The minimum Gasteiger partial charge on any atom is -0.456 e. The van der Waals surface area contributed by atoms with Gasteiger partial charge < -0.3 is 8.98 Å². The molecule has 5 nitrogen and oxygen atoms in total. The van der Waals surface area contributed by atoms with Gasteiger partial charge in [0.25, 0.3) is 0 Å². The summed E-state index contributed by atoms with van der Waals surface area (Å²) in [4.78, 5) is 10.7. The molecule has 0 atom stereocenters. The molecule has 13 aromatic rings. The van der Waals surface area contributed by atoms with Crippen LogP contribution in [0.5, 0.6) is 0 Å². The van der Waals surface area contributed by atoms with Crippen LogP contribution in [0, 0.1) is 0 Å². The highest BCUT2D eigenvalue weighted by Crippen LogP contribution is 2.45. The largest absolute Gasteiger partial charge is 0.456 e. The zero-order chi connectivity index (χ0) is 37.2. The summed E-state index contributed by atoms with van der Waals surface area (Å²) in [7, 11) is 0. The second-order valence-electron chi connectivity index (χ2n) is 15.0. The predicted octanol–water partition coefficient (Wildman–Crippen LogP) is 13.7. The lowest BCUT2D eigenvalue weighted by molar-refractivity contribution is 0.669. The van der Waals surface area contributed by atoms with Crippen LogP contribution in [0.3, 0.4) is 0 Å². The molecule has 0 saturated carbocycles. The zero-order valence-electron chi connectivity index (χ0n) is 30.5. The van der Waals surface area contributed by atoms with Gasteiger partial charge in [-0.1, -0.05) is 115 Å². The molecule has 0 aliphatic heterocycles. The molecule has 13 rings (SSSR count). The maximum Gasteiger partial charge on any atom is 0.162 e. The van der Waals surface area contributed by atoms with Gasteiger partial charge >= 0.3 is 0 Å². The second-order valence-corrected chi connectivity index (χ2v) is 15.0. The first-order valence-electron chi connectivity index (χ1n) is 19.3. The molecule has 0 radical (unpaired) electrons. The second kappa shape index (κ2) is 11.4. The van der Waals surface area contributed by atoms with E-state index in [1.54, 1.807) is 0 Å². The van der Waals surface area contributed by atoms with Crippen molar-refractivity contribution in [2.75, 3.05) is 0 Å². The average molecular weight is 727 g/mol. The number of hydrogen-bond donors (Lipinski definition) is 0. The summed E-state index contributed by atoms with van der Waals surface area (Å²) in [5.74, 6) is 1.51. The van der Waals surface area contributed by atoms with E-state index in [0.717, 1.165) is 71.7 Å². The van der Waals surface area contributed by atoms with Crippen molar-refractivity contribution in [3.05, 3.63) is 182 Å². The minimum atomic E-state index is 0.664. The maximum atomic E-state index is 6.20. The third-order valence-corrected chi connectivity index (χ3v) is 11.8. The molecular weight excluding hydrogens is 697 g/mol. The molecule has 264 valence electrons. The number of para-hydroxylation sites is 4. The minimum absolute atomic E-state index is 0.664. The monoisotopic (exact) mass is 726 g/mol. The summed E-state index contributed by atoms with van der Waals surface area (Å²) in [6.45, 7) is 0. The molecule has 0 amide bonds. The Balaban J connectivity index is 1.18. The molecule has 0 unspecified atom stereocenters. The first kappa shape index (κ1) is 30.6. The zero-order valence-corrected chi connectivity index (χ0v) is 30.5. The quantitative estimate of drug-likeness (QED) is 0.182. The number of benzene rings is 9. The topological polar surface area (TPSA) is 48.8 Å². The average Bonchev–Trinajstić information content (AvgIpc) is 3.91. The van der Waals surface area contributed by atoms with Gasteiger partial charge in [0.15, 0.2) is 5.82 Å². The van der Waals surface area contributed by atoms with Crippen LogP contribution in [0.25, 0.3) is 121 Å². The Kier molecular flexibility index (Phi) is 6.10. The number of nitrogens with zero attached hydrogens (tertiary/aromatic N) is 4. The Labute approximate surface area is 325 Å². The SMILES string of the molecule is c1ccc2cc3c(cc2c1)c1ccccc1n3-c1c2ccccc2cc2c1c1ccccc1n2-c1nc(-c2ccc3oc4ccccc4c3c2)nc2ccccc12. The predicted molar refractivity (Wildman–Crippen MR) is 236 cm³/mol. The summed E-state index contributed by atoms with van der Waals surface area (Å²) >= 11 is 0. The Morgan fingerprint density at radius 2 is 0.982 bits per heavy atom. The summed E-state index contributed by atoms with van der Waals surface area (Å²) in [5, 5.41) is 12.7. The first-order valence-corrected chi connectivity index (χ1v) is 19.3. The summed E-state index contributed by atoms with van der Waals surface area (Å²) in [6.07, 6.45) is 0. The van der Waals surface area contributed by atoms with Crippen molar-refractivity contribution in [1.29, 1.82) is 0 Å². The van der Waals surface area contributed by atoms with Gasteiger partial charge in [0.1, 0.15) is 17.0 Å². The van der Waals surface area contributed by atoms with Crippen LogP contribution >= 0.6 is 0 Å². The molecule has 0 fully saturated rings. The van der Waals surface area contributed by atoms with Crippen molar-refractivity contribution in [3.8, 4) is 22.9 Å². The van der Waals surface area contributed by atoms with E-state index in [1.807, 2.05) is 18.2 Å². The molecule has 4 aromatic heterocycles. The highest BCUT2D eigenvalue weighted by Gasteiger charge is 2.24. The molecule has 0 aliphatic carbocycles. The van der Waals surface area contributed by atoms with Gasteiger partial charge in [0, 0.05) is 48.7 Å². The summed E-state index contributed by atoms with van der Waals surface area (Å²) in [5.41, 5.74) is 9.23. The summed E-state index contributed by atoms with van der Waals surface area (Å²) < 4.78 is 11.1. The number of rotatable bonds is 3. The molecule has 5 heteroatoms. The van der Waals surface area contributed by atoms with Crippen LogP contribution in [0.2, 0.25) is 0 Å². The Morgan fingerprint density at radius 1 is 0.368 bits per heavy atom. The van der Waals surface area contributed by atoms with Gasteiger partial charge in [-0.2, -0.15) is 0 Å². The van der Waals surface area contributed by atoms with E-state index >= 15 is 0 Å². The van der Waals surface area contributed by atoms with Crippen molar-refractivity contribution in [2.45, 2.75) is 0 Å². The van der Waals surface area contributed by atoms with Crippen LogP contribution < -0.4 is 0 Å². The molecule has 0 aliphatic rings. The Morgan fingerprint density at radius 3 is 1.82 bits per heavy atom. The van der Waals surface area contributed by atoms with Crippen LogP contribution in [-0.4, -0.2) is 19.1 Å². The van der Waals surface area contributed by atoms with Crippen molar-refractivity contribution in [2.24, 2.45) is 0 Å². The van der Waals surface area contributed by atoms with Crippen LogP contribution in [0.15, 0.2) is 186 Å². The van der Waals surface area contributed by atoms with Crippen LogP contribution in [-0.2, 0) is 0 Å². The molecule has 0 N–H and O–H groups in total. The standard InChI is InChI=1S/C52H30N4O/c1-2-14-32-29-45-40(27-31(32)13-1)36-17-6-10-22-43(36)55(45)50-35-16-4-3-15-33(35)30-46-49(50)39-20-7-11-23-44(39)56(46)52-38-19-5-9-21-42(38)53-51(54-52)34-25-26-48-41(28-34)37-18-8-12-24-47(37)57-48/h1-30H. The number of hydrogen-bond acceptors (Lipinski definition) is 3. The van der Waals surface area contributed by atoms with Crippen molar-refractivity contribution in [3.63, 3.8) is 0 Å². The third-order valence-electron chi connectivity index (χ3n) is 11.8. The van der Waals surface area contributed by atoms with E-state index in [9.17, 15) is 0 Å². The molecule has 9 aromatic carbocycles. The van der Waals surface area contributed by atoms with Gasteiger partial charge in [0.2, 0.25) is 0 Å². The Hall–Kier alpha value is -7.76. The van der Waals surface area contributed by atoms with E-state index in [1.165, 1.54) is 43.4 Å². The van der Waals surface area contributed by atoms with Gasteiger partial charge in [-0.15, -0.1) is 0 Å². The van der Waals surface area contributed by atoms with Crippen LogP contribution in [0.1, 0.15) is 0 Å². The molecule has 0 bridgehead atoms. The van der Waals surface area contributed by atoms with E-state index in [4.69, 9.17) is 14.4 Å². The Bertz CT molecular complexity index is 3830. The molecule has 4 heterocycles.